The van der Waals surface area contributed by atoms with E-state index in [2.05, 4.69) is 10.2 Å². The van der Waals surface area contributed by atoms with Gasteiger partial charge >= 0.3 is 6.03 Å². The molecule has 2 amide bonds. The highest BCUT2D eigenvalue weighted by Crippen LogP contribution is 2.37. The number of urea groups is 1. The number of halogens is 2. The standard InChI is InChI=1S/C17H17Cl2N3O4/c18-12-2-1-11(9-13(12)19)21-3-5-22(6-4-21)17(26)20-10-7-14(23)16(25)15(24)8-10/h1-2,7-9,23-25H,3-6H2,(H,20,26). The summed E-state index contributed by atoms with van der Waals surface area (Å²) in [6.07, 6.45) is 0. The summed E-state index contributed by atoms with van der Waals surface area (Å²) < 4.78 is 0. The van der Waals surface area contributed by atoms with Gasteiger partial charge in [-0.15, -0.1) is 0 Å². The maximum absolute atomic E-state index is 12.3. The Kier molecular flexibility index (Phi) is 5.20. The molecular weight excluding hydrogens is 381 g/mol. The highest BCUT2D eigenvalue weighted by Gasteiger charge is 2.22. The molecule has 0 aliphatic carbocycles. The molecule has 138 valence electrons. The lowest BCUT2D eigenvalue weighted by atomic mass is 10.2. The van der Waals surface area contributed by atoms with Crippen molar-refractivity contribution in [2.24, 2.45) is 0 Å². The Hall–Kier alpha value is -2.51. The van der Waals surface area contributed by atoms with Crippen molar-refractivity contribution >= 4 is 40.6 Å². The van der Waals surface area contributed by atoms with Crippen LogP contribution in [0.25, 0.3) is 0 Å². The van der Waals surface area contributed by atoms with Gasteiger partial charge in [0.2, 0.25) is 0 Å². The number of carbonyl (C=O) groups is 1. The van der Waals surface area contributed by atoms with Gasteiger partial charge in [0.05, 0.1) is 15.7 Å². The van der Waals surface area contributed by atoms with E-state index in [1.807, 2.05) is 6.07 Å². The molecule has 1 fully saturated rings. The first-order valence-corrected chi connectivity index (χ1v) is 8.61. The Bertz CT molecular complexity index is 816. The molecule has 0 spiro atoms. The van der Waals surface area contributed by atoms with Gasteiger partial charge in [0.15, 0.2) is 17.2 Å². The molecule has 0 radical (unpaired) electrons. The summed E-state index contributed by atoms with van der Waals surface area (Å²) in [5.74, 6) is -1.65. The average Bonchev–Trinajstić information content (AvgIpc) is 2.62. The highest BCUT2D eigenvalue weighted by molar-refractivity contribution is 6.42. The normalized spacial score (nSPS) is 14.4. The summed E-state index contributed by atoms with van der Waals surface area (Å²) in [5, 5.41) is 31.9. The van der Waals surface area contributed by atoms with Crippen molar-refractivity contribution in [3.05, 3.63) is 40.4 Å². The number of benzene rings is 2. The molecule has 7 nitrogen and oxygen atoms in total. The summed E-state index contributed by atoms with van der Waals surface area (Å²) in [7, 11) is 0. The van der Waals surface area contributed by atoms with E-state index in [9.17, 15) is 20.1 Å². The van der Waals surface area contributed by atoms with E-state index in [0.29, 0.717) is 36.2 Å². The first-order valence-electron chi connectivity index (χ1n) is 7.86. The fourth-order valence-corrected chi connectivity index (χ4v) is 3.02. The number of phenolic OH excluding ortho intramolecular Hbond substituents is 3. The molecule has 2 aromatic rings. The van der Waals surface area contributed by atoms with Crippen LogP contribution in [0.5, 0.6) is 17.2 Å². The molecular formula is C17H17Cl2N3O4. The summed E-state index contributed by atoms with van der Waals surface area (Å²) >= 11 is 12.0. The summed E-state index contributed by atoms with van der Waals surface area (Å²) in [5.41, 5.74) is 1.13. The van der Waals surface area contributed by atoms with Crippen molar-refractivity contribution in [1.82, 2.24) is 4.90 Å². The minimum Gasteiger partial charge on any atom is -0.504 e. The number of anilines is 2. The Morgan fingerprint density at radius 3 is 2.12 bits per heavy atom. The Morgan fingerprint density at radius 1 is 0.923 bits per heavy atom. The van der Waals surface area contributed by atoms with Crippen molar-refractivity contribution in [2.75, 3.05) is 36.4 Å². The van der Waals surface area contributed by atoms with Gasteiger partial charge in [-0.1, -0.05) is 23.2 Å². The van der Waals surface area contributed by atoms with E-state index < -0.39 is 17.2 Å². The third-order valence-corrected chi connectivity index (χ3v) is 4.90. The van der Waals surface area contributed by atoms with Crippen LogP contribution in [0.15, 0.2) is 30.3 Å². The molecule has 0 saturated carbocycles. The predicted molar refractivity (Wildman–Crippen MR) is 101 cm³/mol. The Balaban J connectivity index is 1.60. The number of hydrogen-bond acceptors (Lipinski definition) is 5. The van der Waals surface area contributed by atoms with Crippen molar-refractivity contribution in [3.63, 3.8) is 0 Å². The van der Waals surface area contributed by atoms with Crippen LogP contribution in [0.2, 0.25) is 10.0 Å². The van der Waals surface area contributed by atoms with Crippen LogP contribution in [0, 0.1) is 0 Å². The minimum absolute atomic E-state index is 0.190. The minimum atomic E-state index is -0.627. The van der Waals surface area contributed by atoms with Gasteiger partial charge in [-0.05, 0) is 18.2 Å². The molecule has 0 unspecified atom stereocenters. The van der Waals surface area contributed by atoms with Crippen LogP contribution in [0.4, 0.5) is 16.2 Å². The molecule has 1 saturated heterocycles. The number of aromatic hydroxyl groups is 3. The maximum Gasteiger partial charge on any atom is 0.321 e. The second-order valence-electron chi connectivity index (χ2n) is 5.87. The quantitative estimate of drug-likeness (QED) is 0.459. The van der Waals surface area contributed by atoms with E-state index >= 15 is 0 Å². The van der Waals surface area contributed by atoms with Gasteiger partial charge in [-0.3, -0.25) is 0 Å². The number of rotatable bonds is 2. The van der Waals surface area contributed by atoms with Crippen LogP contribution in [-0.2, 0) is 0 Å². The van der Waals surface area contributed by atoms with Crippen LogP contribution < -0.4 is 10.2 Å². The van der Waals surface area contributed by atoms with Gasteiger partial charge < -0.3 is 30.4 Å². The Labute approximate surface area is 160 Å². The largest absolute Gasteiger partial charge is 0.504 e. The third kappa shape index (κ3) is 3.84. The van der Waals surface area contributed by atoms with Crippen LogP contribution in [0.3, 0.4) is 0 Å². The van der Waals surface area contributed by atoms with Crippen molar-refractivity contribution in [1.29, 1.82) is 0 Å². The van der Waals surface area contributed by atoms with Gasteiger partial charge in [-0.25, -0.2) is 4.79 Å². The first-order chi connectivity index (χ1) is 12.3. The van der Waals surface area contributed by atoms with Crippen LogP contribution in [0.1, 0.15) is 0 Å². The van der Waals surface area contributed by atoms with Crippen molar-refractivity contribution in [2.45, 2.75) is 0 Å². The van der Waals surface area contributed by atoms with Crippen molar-refractivity contribution < 1.29 is 20.1 Å². The van der Waals surface area contributed by atoms with Crippen LogP contribution >= 0.6 is 23.2 Å². The smallest absolute Gasteiger partial charge is 0.321 e. The molecule has 2 aromatic carbocycles. The number of nitrogens with one attached hydrogen (secondary N) is 1. The number of hydrogen-bond donors (Lipinski definition) is 4. The molecule has 26 heavy (non-hydrogen) atoms. The summed E-state index contributed by atoms with van der Waals surface area (Å²) in [6, 6.07) is 7.39. The third-order valence-electron chi connectivity index (χ3n) is 4.16. The zero-order valence-corrected chi connectivity index (χ0v) is 15.1. The molecule has 1 aliphatic rings. The molecule has 0 aromatic heterocycles. The number of amides is 2. The number of carbonyl (C=O) groups excluding carboxylic acids is 1. The van der Waals surface area contributed by atoms with Gasteiger partial charge in [0, 0.05) is 44.0 Å². The molecule has 3 rings (SSSR count). The fraction of sp³-hybridized carbons (Fsp3) is 0.235. The van der Waals surface area contributed by atoms with Crippen molar-refractivity contribution in [3.8, 4) is 17.2 Å². The van der Waals surface area contributed by atoms with Gasteiger partial charge in [-0.2, -0.15) is 0 Å². The number of nitrogens with zero attached hydrogens (tertiary/aromatic N) is 2. The lowest BCUT2D eigenvalue weighted by Gasteiger charge is -2.36. The van der Waals surface area contributed by atoms with E-state index in [-0.39, 0.29) is 11.7 Å². The summed E-state index contributed by atoms with van der Waals surface area (Å²) in [4.78, 5) is 16.1. The number of phenols is 3. The van der Waals surface area contributed by atoms with Gasteiger partial charge in [0.25, 0.3) is 0 Å². The molecule has 1 aliphatic heterocycles. The number of piperazine rings is 1. The van der Waals surface area contributed by atoms with Crippen LogP contribution in [-0.4, -0.2) is 52.4 Å². The molecule has 4 N–H and O–H groups in total. The average molecular weight is 398 g/mol. The first kappa shape index (κ1) is 18.3. The fourth-order valence-electron chi connectivity index (χ4n) is 2.73. The SMILES string of the molecule is O=C(Nc1cc(O)c(O)c(O)c1)N1CCN(c2ccc(Cl)c(Cl)c2)CC1. The lowest BCUT2D eigenvalue weighted by molar-refractivity contribution is 0.208. The molecule has 0 bridgehead atoms. The van der Waals surface area contributed by atoms with E-state index in [1.165, 1.54) is 12.1 Å². The Morgan fingerprint density at radius 2 is 1.54 bits per heavy atom. The van der Waals surface area contributed by atoms with E-state index in [1.54, 1.807) is 17.0 Å². The zero-order chi connectivity index (χ0) is 18.8. The predicted octanol–water partition coefficient (Wildman–Crippen LogP) is 3.46. The van der Waals surface area contributed by atoms with E-state index in [0.717, 1.165) is 5.69 Å². The van der Waals surface area contributed by atoms with E-state index in [4.69, 9.17) is 23.2 Å². The monoisotopic (exact) mass is 397 g/mol. The molecule has 1 heterocycles. The highest BCUT2D eigenvalue weighted by atomic mass is 35.5. The second kappa shape index (κ2) is 7.39. The lowest BCUT2D eigenvalue weighted by Crippen LogP contribution is -2.50. The molecule has 0 atom stereocenters. The topological polar surface area (TPSA) is 96.3 Å². The zero-order valence-electron chi connectivity index (χ0n) is 13.6. The molecule has 9 heteroatoms. The second-order valence-corrected chi connectivity index (χ2v) is 6.68. The van der Waals surface area contributed by atoms with Gasteiger partial charge in [0.1, 0.15) is 0 Å². The maximum atomic E-state index is 12.3. The summed E-state index contributed by atoms with van der Waals surface area (Å²) in [6.45, 7) is 2.22.